The maximum atomic E-state index is 11.3. The van der Waals surface area contributed by atoms with Gasteiger partial charge in [-0.3, -0.25) is 4.98 Å². The van der Waals surface area contributed by atoms with E-state index in [2.05, 4.69) is 15.1 Å². The second kappa shape index (κ2) is 4.73. The van der Waals surface area contributed by atoms with E-state index in [0.29, 0.717) is 5.69 Å². The molecule has 0 atom stereocenters. The quantitative estimate of drug-likeness (QED) is 0.749. The van der Waals surface area contributed by atoms with Crippen LogP contribution in [0.5, 0.6) is 0 Å². The molecule has 2 aromatic heterocycles. The molecule has 6 heteroatoms. The summed E-state index contributed by atoms with van der Waals surface area (Å²) in [4.78, 5) is 19.4. The van der Waals surface area contributed by atoms with Gasteiger partial charge in [-0.15, -0.1) is 0 Å². The third-order valence-electron chi connectivity index (χ3n) is 2.10. The molecule has 17 heavy (non-hydrogen) atoms. The molecule has 2 aromatic rings. The van der Waals surface area contributed by atoms with E-state index in [0.717, 1.165) is 5.56 Å². The van der Waals surface area contributed by atoms with E-state index in [1.54, 1.807) is 13.1 Å². The van der Waals surface area contributed by atoms with Crippen LogP contribution in [0.25, 0.3) is 11.6 Å². The monoisotopic (exact) mass is 233 g/mol. The fourth-order valence-electron chi connectivity index (χ4n) is 1.31. The Morgan fingerprint density at radius 1 is 1.53 bits per heavy atom. The van der Waals surface area contributed by atoms with Gasteiger partial charge >= 0.3 is 5.97 Å². The van der Waals surface area contributed by atoms with Gasteiger partial charge in [-0.25, -0.2) is 4.79 Å². The van der Waals surface area contributed by atoms with Crippen LogP contribution >= 0.6 is 0 Å². The maximum absolute atomic E-state index is 11.3. The SMILES string of the molecule is CCOC(=O)c1noc(-c2ncccc2C)n1. The van der Waals surface area contributed by atoms with E-state index in [9.17, 15) is 4.79 Å². The molecule has 0 saturated heterocycles. The molecule has 0 spiro atoms. The van der Waals surface area contributed by atoms with Crippen molar-refractivity contribution in [3.05, 3.63) is 29.7 Å². The molecule has 2 rings (SSSR count). The molecule has 88 valence electrons. The third-order valence-corrected chi connectivity index (χ3v) is 2.10. The topological polar surface area (TPSA) is 78.1 Å². The van der Waals surface area contributed by atoms with Crippen molar-refractivity contribution in [1.29, 1.82) is 0 Å². The van der Waals surface area contributed by atoms with E-state index in [4.69, 9.17) is 9.26 Å². The molecule has 0 bridgehead atoms. The summed E-state index contributed by atoms with van der Waals surface area (Å²) >= 11 is 0. The zero-order valence-electron chi connectivity index (χ0n) is 9.51. The largest absolute Gasteiger partial charge is 0.460 e. The summed E-state index contributed by atoms with van der Waals surface area (Å²) in [5.41, 5.74) is 1.46. The Bertz CT molecular complexity index is 536. The lowest BCUT2D eigenvalue weighted by molar-refractivity contribution is 0.0508. The Balaban J connectivity index is 2.30. The van der Waals surface area contributed by atoms with Gasteiger partial charge in [0, 0.05) is 6.20 Å². The number of ether oxygens (including phenoxy) is 1. The van der Waals surface area contributed by atoms with Crippen molar-refractivity contribution in [3.63, 3.8) is 0 Å². The Morgan fingerprint density at radius 3 is 3.06 bits per heavy atom. The first-order valence-corrected chi connectivity index (χ1v) is 5.15. The minimum Gasteiger partial charge on any atom is -0.460 e. The van der Waals surface area contributed by atoms with Crippen LogP contribution in [0.2, 0.25) is 0 Å². The molecule has 0 aliphatic heterocycles. The van der Waals surface area contributed by atoms with Gasteiger partial charge in [0.15, 0.2) is 0 Å². The number of aryl methyl sites for hydroxylation is 1. The van der Waals surface area contributed by atoms with Gasteiger partial charge in [0.25, 0.3) is 11.7 Å². The summed E-state index contributed by atoms with van der Waals surface area (Å²) in [7, 11) is 0. The average molecular weight is 233 g/mol. The molecule has 0 saturated carbocycles. The minimum absolute atomic E-state index is 0.0908. The normalized spacial score (nSPS) is 10.2. The fraction of sp³-hybridized carbons (Fsp3) is 0.273. The van der Waals surface area contributed by atoms with E-state index in [-0.39, 0.29) is 18.3 Å². The molecule has 0 N–H and O–H groups in total. The summed E-state index contributed by atoms with van der Waals surface area (Å²) in [6.45, 7) is 3.85. The lowest BCUT2D eigenvalue weighted by Gasteiger charge is -1.96. The van der Waals surface area contributed by atoms with Gasteiger partial charge < -0.3 is 9.26 Å². The Hall–Kier alpha value is -2.24. The van der Waals surface area contributed by atoms with E-state index in [1.165, 1.54) is 0 Å². The summed E-state index contributed by atoms with van der Waals surface area (Å²) in [5.74, 6) is -0.478. The van der Waals surface area contributed by atoms with Gasteiger partial charge in [0.1, 0.15) is 5.69 Å². The van der Waals surface area contributed by atoms with Crippen LogP contribution in [0.1, 0.15) is 23.1 Å². The highest BCUT2D eigenvalue weighted by Crippen LogP contribution is 2.18. The highest BCUT2D eigenvalue weighted by atomic mass is 16.5. The number of carbonyl (C=O) groups is 1. The molecule has 0 unspecified atom stereocenters. The number of esters is 1. The lowest BCUT2D eigenvalue weighted by atomic mass is 10.2. The lowest BCUT2D eigenvalue weighted by Crippen LogP contribution is -2.06. The van der Waals surface area contributed by atoms with Crippen LogP contribution in [0.15, 0.2) is 22.9 Å². The first kappa shape index (κ1) is 11.3. The van der Waals surface area contributed by atoms with Gasteiger partial charge in [-0.2, -0.15) is 4.98 Å². The molecular formula is C11H11N3O3. The van der Waals surface area contributed by atoms with E-state index in [1.807, 2.05) is 19.1 Å². The van der Waals surface area contributed by atoms with Crippen molar-refractivity contribution in [2.24, 2.45) is 0 Å². The van der Waals surface area contributed by atoms with Crippen LogP contribution in [0, 0.1) is 6.92 Å². The first-order chi connectivity index (χ1) is 8.22. The maximum Gasteiger partial charge on any atom is 0.379 e. The second-order valence-corrected chi connectivity index (χ2v) is 3.31. The Kier molecular flexibility index (Phi) is 3.13. The van der Waals surface area contributed by atoms with Crippen LogP contribution < -0.4 is 0 Å². The van der Waals surface area contributed by atoms with Gasteiger partial charge in [-0.1, -0.05) is 6.07 Å². The van der Waals surface area contributed by atoms with Crippen molar-refractivity contribution in [3.8, 4) is 11.6 Å². The zero-order valence-corrected chi connectivity index (χ0v) is 9.51. The number of rotatable bonds is 3. The van der Waals surface area contributed by atoms with E-state index < -0.39 is 5.97 Å². The smallest absolute Gasteiger partial charge is 0.379 e. The van der Waals surface area contributed by atoms with Gasteiger partial charge in [0.05, 0.1) is 6.61 Å². The van der Waals surface area contributed by atoms with Crippen LogP contribution in [-0.4, -0.2) is 27.7 Å². The van der Waals surface area contributed by atoms with Crippen molar-refractivity contribution in [1.82, 2.24) is 15.1 Å². The number of carbonyl (C=O) groups excluding carboxylic acids is 1. The van der Waals surface area contributed by atoms with Crippen molar-refractivity contribution < 1.29 is 14.1 Å². The molecule has 0 aromatic carbocycles. The number of hydrogen-bond donors (Lipinski definition) is 0. The molecule has 2 heterocycles. The molecule has 0 aliphatic rings. The molecule has 0 aliphatic carbocycles. The zero-order chi connectivity index (χ0) is 12.3. The van der Waals surface area contributed by atoms with Gasteiger partial charge in [-0.05, 0) is 30.6 Å². The number of nitrogens with zero attached hydrogens (tertiary/aromatic N) is 3. The van der Waals surface area contributed by atoms with Crippen molar-refractivity contribution in [2.75, 3.05) is 6.61 Å². The third kappa shape index (κ3) is 2.30. The minimum atomic E-state index is -0.601. The highest BCUT2D eigenvalue weighted by molar-refractivity contribution is 5.85. The molecule has 0 radical (unpaired) electrons. The van der Waals surface area contributed by atoms with Gasteiger partial charge in [0.2, 0.25) is 0 Å². The molecular weight excluding hydrogens is 222 g/mol. The summed E-state index contributed by atoms with van der Waals surface area (Å²) in [6, 6.07) is 3.68. The number of hydrogen-bond acceptors (Lipinski definition) is 6. The highest BCUT2D eigenvalue weighted by Gasteiger charge is 2.18. The fourth-order valence-corrected chi connectivity index (χ4v) is 1.31. The van der Waals surface area contributed by atoms with Crippen molar-refractivity contribution >= 4 is 5.97 Å². The Morgan fingerprint density at radius 2 is 2.35 bits per heavy atom. The summed E-state index contributed by atoms with van der Waals surface area (Å²) in [5, 5.41) is 3.55. The molecule has 0 amide bonds. The van der Waals surface area contributed by atoms with Crippen LogP contribution in [-0.2, 0) is 4.74 Å². The predicted molar refractivity (Wildman–Crippen MR) is 58.2 cm³/mol. The Labute approximate surface area is 97.6 Å². The van der Waals surface area contributed by atoms with Crippen LogP contribution in [0.3, 0.4) is 0 Å². The van der Waals surface area contributed by atoms with E-state index >= 15 is 0 Å². The second-order valence-electron chi connectivity index (χ2n) is 3.31. The standard InChI is InChI=1S/C11H11N3O3/c1-3-16-11(15)9-13-10(17-14-9)8-7(2)5-4-6-12-8/h4-6H,3H2,1-2H3. The van der Waals surface area contributed by atoms with Crippen molar-refractivity contribution in [2.45, 2.75) is 13.8 Å². The summed E-state index contributed by atoms with van der Waals surface area (Å²) in [6.07, 6.45) is 1.62. The predicted octanol–water partition coefficient (Wildman–Crippen LogP) is 1.62. The molecule has 0 fully saturated rings. The van der Waals surface area contributed by atoms with Crippen LogP contribution in [0.4, 0.5) is 0 Å². The number of pyridine rings is 1. The average Bonchev–Trinajstić information content (AvgIpc) is 2.79. The number of aromatic nitrogens is 3. The first-order valence-electron chi connectivity index (χ1n) is 5.15. The molecule has 6 nitrogen and oxygen atoms in total. The summed E-state index contributed by atoms with van der Waals surface area (Å²) < 4.78 is 9.74.